The summed E-state index contributed by atoms with van der Waals surface area (Å²) in [6, 6.07) is 8.96. The number of aromatic amines is 1. The van der Waals surface area contributed by atoms with Gasteiger partial charge in [0, 0.05) is 22.7 Å². The smallest absolute Gasteiger partial charge is 0.261 e. The molecule has 0 aliphatic heterocycles. The average molecular weight is 413 g/mol. The second-order valence-corrected chi connectivity index (χ2v) is 9.53. The van der Waals surface area contributed by atoms with E-state index in [-0.39, 0.29) is 16.8 Å². The highest BCUT2D eigenvalue weighted by molar-refractivity contribution is 6.30. The van der Waals surface area contributed by atoms with Gasteiger partial charge in [0.25, 0.3) is 11.5 Å². The van der Waals surface area contributed by atoms with Gasteiger partial charge >= 0.3 is 0 Å². The van der Waals surface area contributed by atoms with Gasteiger partial charge in [0.2, 0.25) is 0 Å². The van der Waals surface area contributed by atoms with E-state index >= 15 is 0 Å². The highest BCUT2D eigenvalue weighted by Gasteiger charge is 2.38. The van der Waals surface area contributed by atoms with E-state index in [9.17, 15) is 14.4 Å². The van der Waals surface area contributed by atoms with Crippen LogP contribution in [-0.2, 0) is 12.0 Å². The maximum Gasteiger partial charge on any atom is 0.261 e. The number of ketones is 1. The Morgan fingerprint density at radius 2 is 1.72 bits per heavy atom. The molecule has 0 bridgehead atoms. The van der Waals surface area contributed by atoms with E-state index in [2.05, 4.69) is 10.3 Å². The molecule has 2 aliphatic rings. The van der Waals surface area contributed by atoms with Gasteiger partial charge in [0.05, 0.1) is 5.54 Å². The molecule has 0 unspecified atom stereocenters. The molecule has 152 valence electrons. The van der Waals surface area contributed by atoms with Crippen LogP contribution in [0, 0.1) is 5.41 Å². The molecule has 1 fully saturated rings. The van der Waals surface area contributed by atoms with E-state index in [1.54, 1.807) is 0 Å². The number of hydrogen-bond acceptors (Lipinski definition) is 3. The van der Waals surface area contributed by atoms with Gasteiger partial charge in [-0.3, -0.25) is 14.4 Å². The summed E-state index contributed by atoms with van der Waals surface area (Å²) < 4.78 is 0. The van der Waals surface area contributed by atoms with Gasteiger partial charge < -0.3 is 10.3 Å². The Balaban J connectivity index is 1.68. The van der Waals surface area contributed by atoms with Crippen molar-refractivity contribution in [2.24, 2.45) is 5.41 Å². The molecule has 1 heterocycles. The molecule has 1 aromatic heterocycles. The van der Waals surface area contributed by atoms with Crippen molar-refractivity contribution in [3.63, 3.8) is 0 Å². The molecule has 2 aromatic rings. The van der Waals surface area contributed by atoms with E-state index in [0.717, 1.165) is 31.2 Å². The fraction of sp³-hybridized carbons (Fsp3) is 0.435. The molecule has 29 heavy (non-hydrogen) atoms. The third kappa shape index (κ3) is 3.76. The van der Waals surface area contributed by atoms with Crippen molar-refractivity contribution in [2.45, 2.75) is 57.9 Å². The first-order valence-corrected chi connectivity index (χ1v) is 10.4. The first-order valence-electron chi connectivity index (χ1n) is 10.1. The van der Waals surface area contributed by atoms with Gasteiger partial charge in [-0.2, -0.15) is 0 Å². The second-order valence-electron chi connectivity index (χ2n) is 9.10. The summed E-state index contributed by atoms with van der Waals surface area (Å²) in [6.07, 6.45) is 4.61. The summed E-state index contributed by atoms with van der Waals surface area (Å²) in [6.45, 7) is 4.01. The number of amides is 1. The molecule has 2 aliphatic carbocycles. The van der Waals surface area contributed by atoms with Gasteiger partial charge in [-0.1, -0.05) is 50.4 Å². The third-order valence-corrected chi connectivity index (χ3v) is 6.42. The van der Waals surface area contributed by atoms with Crippen LogP contribution in [-0.4, -0.2) is 16.7 Å². The van der Waals surface area contributed by atoms with E-state index in [1.807, 2.05) is 38.1 Å². The van der Waals surface area contributed by atoms with Gasteiger partial charge in [0.1, 0.15) is 5.56 Å². The fourth-order valence-corrected chi connectivity index (χ4v) is 4.84. The summed E-state index contributed by atoms with van der Waals surface area (Å²) in [4.78, 5) is 41.2. The topological polar surface area (TPSA) is 79.0 Å². The Morgan fingerprint density at radius 1 is 1.07 bits per heavy atom. The normalized spacial score (nSPS) is 19.6. The summed E-state index contributed by atoms with van der Waals surface area (Å²) in [5, 5.41) is 3.75. The van der Waals surface area contributed by atoms with Crippen LogP contribution in [0.25, 0.3) is 0 Å². The lowest BCUT2D eigenvalue weighted by Gasteiger charge is -2.32. The summed E-state index contributed by atoms with van der Waals surface area (Å²) in [5.74, 6) is -0.474. The van der Waals surface area contributed by atoms with E-state index < -0.39 is 17.0 Å². The van der Waals surface area contributed by atoms with Crippen LogP contribution in [0.3, 0.4) is 0 Å². The average Bonchev–Trinajstić information content (AvgIpc) is 3.10. The Bertz CT molecular complexity index is 1030. The van der Waals surface area contributed by atoms with E-state index in [4.69, 9.17) is 11.6 Å². The van der Waals surface area contributed by atoms with Crippen LogP contribution in [0.1, 0.15) is 77.9 Å². The zero-order valence-electron chi connectivity index (χ0n) is 16.7. The Kier molecular flexibility index (Phi) is 4.89. The molecule has 0 saturated heterocycles. The predicted octanol–water partition coefficient (Wildman–Crippen LogP) is 4.38. The Morgan fingerprint density at radius 3 is 2.38 bits per heavy atom. The number of benzene rings is 1. The third-order valence-electron chi connectivity index (χ3n) is 6.17. The van der Waals surface area contributed by atoms with Crippen LogP contribution in [0.5, 0.6) is 0 Å². The van der Waals surface area contributed by atoms with Gasteiger partial charge in [-0.05, 0) is 48.4 Å². The lowest BCUT2D eigenvalue weighted by molar-refractivity contribution is 0.0896. The van der Waals surface area contributed by atoms with Crippen LogP contribution < -0.4 is 10.9 Å². The maximum atomic E-state index is 13.1. The number of carbonyl (C=O) groups excluding carboxylic acids is 2. The number of nitrogens with one attached hydrogen (secondary N) is 2. The molecule has 0 radical (unpaired) electrons. The first kappa shape index (κ1) is 19.9. The van der Waals surface area contributed by atoms with Crippen molar-refractivity contribution < 1.29 is 9.59 Å². The monoisotopic (exact) mass is 412 g/mol. The van der Waals surface area contributed by atoms with Gasteiger partial charge in [-0.25, -0.2) is 0 Å². The molecule has 1 aromatic carbocycles. The minimum absolute atomic E-state index is 0.00274. The number of hydrogen-bond donors (Lipinski definition) is 2. The van der Waals surface area contributed by atoms with Crippen molar-refractivity contribution in [2.75, 3.05) is 0 Å². The van der Waals surface area contributed by atoms with Crippen LogP contribution in [0.2, 0.25) is 5.02 Å². The molecule has 0 spiro atoms. The highest BCUT2D eigenvalue weighted by Crippen LogP contribution is 2.39. The van der Waals surface area contributed by atoms with Crippen molar-refractivity contribution in [1.82, 2.24) is 10.3 Å². The Hall–Kier alpha value is -2.40. The second kappa shape index (κ2) is 7.13. The van der Waals surface area contributed by atoms with E-state index in [1.165, 1.54) is 6.07 Å². The molecular weight excluding hydrogens is 388 g/mol. The molecule has 5 nitrogen and oxygen atoms in total. The van der Waals surface area contributed by atoms with Gasteiger partial charge in [0.15, 0.2) is 5.78 Å². The first-order chi connectivity index (χ1) is 13.7. The van der Waals surface area contributed by atoms with Crippen molar-refractivity contribution in [3.8, 4) is 0 Å². The minimum atomic E-state index is -0.518. The van der Waals surface area contributed by atoms with E-state index in [0.29, 0.717) is 29.1 Å². The van der Waals surface area contributed by atoms with Crippen LogP contribution >= 0.6 is 11.6 Å². The zero-order chi connectivity index (χ0) is 20.8. The number of carbonyl (C=O) groups is 2. The molecule has 2 N–H and O–H groups in total. The summed E-state index contributed by atoms with van der Waals surface area (Å²) in [7, 11) is 0. The summed E-state index contributed by atoms with van der Waals surface area (Å²) >= 11 is 6.02. The van der Waals surface area contributed by atoms with Gasteiger partial charge in [-0.15, -0.1) is 0 Å². The maximum absolute atomic E-state index is 13.1. The number of pyridine rings is 1. The molecule has 1 saturated carbocycles. The highest BCUT2D eigenvalue weighted by atomic mass is 35.5. The number of fused-ring (bicyclic) bond motifs is 1. The fourth-order valence-electron chi connectivity index (χ4n) is 4.71. The Labute approximate surface area is 174 Å². The molecular formula is C23H25ClN2O3. The molecule has 6 heteroatoms. The minimum Gasteiger partial charge on any atom is -0.342 e. The zero-order valence-corrected chi connectivity index (χ0v) is 17.5. The van der Waals surface area contributed by atoms with Crippen molar-refractivity contribution in [1.29, 1.82) is 0 Å². The predicted molar refractivity (Wildman–Crippen MR) is 113 cm³/mol. The van der Waals surface area contributed by atoms with Crippen LogP contribution in [0.4, 0.5) is 0 Å². The largest absolute Gasteiger partial charge is 0.342 e. The number of Topliss-reactive ketones (excluding diaryl/α,β-unsaturated/α-hetero) is 1. The van der Waals surface area contributed by atoms with Crippen molar-refractivity contribution in [3.05, 3.63) is 68.1 Å². The summed E-state index contributed by atoms with van der Waals surface area (Å²) in [5.41, 5.74) is 0.908. The number of halogens is 1. The number of rotatable bonds is 3. The molecule has 4 rings (SSSR count). The lowest BCUT2D eigenvalue weighted by atomic mass is 9.75. The SMILES string of the molecule is CC1(C)CC(=O)c2cc(C(=O)NC3(c4ccc(Cl)cc4)CCCC3)c(=O)[nH]c2C1. The van der Waals surface area contributed by atoms with Crippen LogP contribution in [0.15, 0.2) is 35.1 Å². The number of H-pyrrole nitrogens is 1. The lowest BCUT2D eigenvalue weighted by Crippen LogP contribution is -2.45. The molecule has 1 amide bonds. The van der Waals surface area contributed by atoms with Crippen molar-refractivity contribution >= 4 is 23.3 Å². The quantitative estimate of drug-likeness (QED) is 0.784. The molecule has 0 atom stereocenters. The standard InChI is InChI=1S/C23H25ClN2O3/c1-22(2)12-18-16(19(27)13-22)11-17(20(28)25-18)21(29)26-23(9-3-4-10-23)14-5-7-15(24)8-6-14/h5-8,11H,3-4,9-10,12-13H2,1-2H3,(H,25,28)(H,26,29). The number of aromatic nitrogens is 1.